The van der Waals surface area contributed by atoms with Gasteiger partial charge in [-0.3, -0.25) is 9.48 Å². The Morgan fingerprint density at radius 3 is 2.90 bits per heavy atom. The molecule has 1 fully saturated rings. The Balaban J connectivity index is 1.95. The average Bonchev–Trinajstić information content (AvgIpc) is 3.08. The van der Waals surface area contributed by atoms with Crippen molar-refractivity contribution in [3.8, 4) is 0 Å². The second-order valence-electron chi connectivity index (χ2n) is 5.09. The Morgan fingerprint density at radius 2 is 2.29 bits per heavy atom. The van der Waals surface area contributed by atoms with Crippen LogP contribution in [-0.2, 0) is 16.9 Å². The first-order valence-corrected chi connectivity index (χ1v) is 9.25. The number of amides is 1. The number of aromatic nitrogens is 2. The van der Waals surface area contributed by atoms with E-state index in [1.54, 1.807) is 40.5 Å². The molecule has 0 N–H and O–H groups in total. The minimum Gasteiger partial charge on any atom is -0.329 e. The van der Waals surface area contributed by atoms with Gasteiger partial charge in [0.15, 0.2) is 9.84 Å². The largest absolute Gasteiger partial charge is 0.329 e. The Morgan fingerprint density at radius 1 is 1.48 bits per heavy atom. The van der Waals surface area contributed by atoms with Gasteiger partial charge in [0.05, 0.1) is 29.3 Å². The number of carbonyl (C=O) groups excluding carboxylic acids is 1. The van der Waals surface area contributed by atoms with Crippen molar-refractivity contribution >= 4 is 27.1 Å². The second-order valence-corrected chi connectivity index (χ2v) is 8.10. The van der Waals surface area contributed by atoms with Crippen molar-refractivity contribution in [3.05, 3.63) is 40.3 Å². The van der Waals surface area contributed by atoms with Crippen molar-refractivity contribution in [1.29, 1.82) is 0 Å². The third-order valence-corrected chi connectivity index (χ3v) is 5.88. The van der Waals surface area contributed by atoms with Crippen molar-refractivity contribution in [2.45, 2.75) is 6.04 Å². The van der Waals surface area contributed by atoms with E-state index in [0.29, 0.717) is 5.56 Å². The summed E-state index contributed by atoms with van der Waals surface area (Å²) >= 11 is 1.45. The lowest BCUT2D eigenvalue weighted by Crippen LogP contribution is -2.46. The van der Waals surface area contributed by atoms with Gasteiger partial charge in [0.1, 0.15) is 0 Å². The number of rotatable bonds is 2. The summed E-state index contributed by atoms with van der Waals surface area (Å²) in [5, 5.41) is 7.71. The first-order valence-electron chi connectivity index (χ1n) is 6.48. The fourth-order valence-corrected chi connectivity index (χ4v) is 4.62. The first-order chi connectivity index (χ1) is 9.96. The van der Waals surface area contributed by atoms with E-state index in [2.05, 4.69) is 5.10 Å². The molecule has 3 heterocycles. The summed E-state index contributed by atoms with van der Waals surface area (Å²) in [5.41, 5.74) is 1.36. The molecular weight excluding hydrogens is 310 g/mol. The van der Waals surface area contributed by atoms with Crippen LogP contribution < -0.4 is 0 Å². The van der Waals surface area contributed by atoms with Gasteiger partial charge in [-0.2, -0.15) is 16.4 Å². The van der Waals surface area contributed by atoms with Crippen molar-refractivity contribution in [3.63, 3.8) is 0 Å². The molecule has 21 heavy (non-hydrogen) atoms. The van der Waals surface area contributed by atoms with Crippen LogP contribution in [0.2, 0.25) is 0 Å². The summed E-state index contributed by atoms with van der Waals surface area (Å²) in [7, 11) is -1.36. The zero-order chi connectivity index (χ0) is 15.0. The summed E-state index contributed by atoms with van der Waals surface area (Å²) in [5.74, 6) is -0.159. The normalized spacial score (nSPS) is 21.4. The van der Waals surface area contributed by atoms with Gasteiger partial charge in [-0.05, 0) is 11.4 Å². The van der Waals surface area contributed by atoms with Crippen LogP contribution in [0, 0.1) is 0 Å². The molecule has 2 aromatic heterocycles. The van der Waals surface area contributed by atoms with Gasteiger partial charge in [0.25, 0.3) is 5.91 Å². The molecule has 1 amide bonds. The lowest BCUT2D eigenvalue weighted by molar-refractivity contribution is 0.0698. The van der Waals surface area contributed by atoms with E-state index in [1.165, 1.54) is 11.3 Å². The summed E-state index contributed by atoms with van der Waals surface area (Å²) in [4.78, 5) is 14.2. The standard InChI is InChI=1S/C13H15N3O3S2/c1-15-7-11(6-14-15)12-9-21(18,19)5-3-16(12)13(17)10-2-4-20-8-10/h2,4,6-8,12H,3,5,9H2,1H3/t12-/m0/s1. The van der Waals surface area contributed by atoms with E-state index >= 15 is 0 Å². The lowest BCUT2D eigenvalue weighted by atomic mass is 10.1. The molecule has 112 valence electrons. The van der Waals surface area contributed by atoms with Crippen molar-refractivity contribution < 1.29 is 13.2 Å². The predicted octanol–water partition coefficient (Wildman–Crippen LogP) is 1.09. The molecule has 0 aromatic carbocycles. The molecule has 1 aliphatic heterocycles. The topological polar surface area (TPSA) is 72.3 Å². The number of hydrogen-bond acceptors (Lipinski definition) is 5. The van der Waals surface area contributed by atoms with Crippen LogP contribution >= 0.6 is 11.3 Å². The highest BCUT2D eigenvalue weighted by Gasteiger charge is 2.36. The lowest BCUT2D eigenvalue weighted by Gasteiger charge is -2.34. The molecule has 8 heteroatoms. The van der Waals surface area contributed by atoms with Gasteiger partial charge in [-0.25, -0.2) is 8.42 Å². The van der Waals surface area contributed by atoms with Gasteiger partial charge < -0.3 is 4.90 Å². The van der Waals surface area contributed by atoms with E-state index in [4.69, 9.17) is 0 Å². The van der Waals surface area contributed by atoms with E-state index in [-0.39, 0.29) is 24.0 Å². The monoisotopic (exact) mass is 325 g/mol. The molecule has 0 radical (unpaired) electrons. The van der Waals surface area contributed by atoms with Crippen molar-refractivity contribution in [1.82, 2.24) is 14.7 Å². The third kappa shape index (κ3) is 2.86. The molecule has 0 spiro atoms. The Labute approximate surface area is 126 Å². The molecule has 0 unspecified atom stereocenters. The number of sulfone groups is 1. The SMILES string of the molecule is Cn1cc([C@@H]2CS(=O)(=O)CCN2C(=O)c2ccsc2)cn1. The Bertz CT molecular complexity index is 749. The minimum atomic E-state index is -3.13. The molecule has 2 aromatic rings. The van der Waals surface area contributed by atoms with E-state index < -0.39 is 15.9 Å². The van der Waals surface area contributed by atoms with Crippen LogP contribution in [0.5, 0.6) is 0 Å². The molecule has 1 aliphatic rings. The minimum absolute atomic E-state index is 0.0135. The fraction of sp³-hybridized carbons (Fsp3) is 0.385. The fourth-order valence-electron chi connectivity index (χ4n) is 2.49. The van der Waals surface area contributed by atoms with Gasteiger partial charge >= 0.3 is 0 Å². The third-order valence-electron chi connectivity index (χ3n) is 3.57. The maximum atomic E-state index is 12.6. The van der Waals surface area contributed by atoms with Gasteiger partial charge in [0.2, 0.25) is 0 Å². The molecule has 1 atom stereocenters. The van der Waals surface area contributed by atoms with Crippen LogP contribution in [0.3, 0.4) is 0 Å². The van der Waals surface area contributed by atoms with Gasteiger partial charge in [-0.1, -0.05) is 0 Å². The first kappa shape index (κ1) is 14.3. The highest BCUT2D eigenvalue weighted by atomic mass is 32.2. The Hall–Kier alpha value is -1.67. The zero-order valence-corrected chi connectivity index (χ0v) is 13.1. The van der Waals surface area contributed by atoms with Crippen LogP contribution in [0.15, 0.2) is 29.2 Å². The maximum Gasteiger partial charge on any atom is 0.255 e. The smallest absolute Gasteiger partial charge is 0.255 e. The van der Waals surface area contributed by atoms with Gasteiger partial charge in [0, 0.05) is 30.7 Å². The summed E-state index contributed by atoms with van der Waals surface area (Å²) < 4.78 is 25.5. The number of aryl methyl sites for hydroxylation is 1. The zero-order valence-electron chi connectivity index (χ0n) is 11.5. The van der Waals surface area contributed by atoms with E-state index in [0.717, 1.165) is 5.56 Å². The van der Waals surface area contributed by atoms with Crippen LogP contribution in [0.25, 0.3) is 0 Å². The molecule has 0 aliphatic carbocycles. The van der Waals surface area contributed by atoms with E-state index in [9.17, 15) is 13.2 Å². The Kier molecular flexibility index (Phi) is 3.58. The number of thiophene rings is 1. The number of carbonyl (C=O) groups is 1. The molecular formula is C13H15N3O3S2. The van der Waals surface area contributed by atoms with Gasteiger partial charge in [-0.15, -0.1) is 0 Å². The highest BCUT2D eigenvalue weighted by Crippen LogP contribution is 2.28. The molecule has 0 saturated carbocycles. The van der Waals surface area contributed by atoms with E-state index in [1.807, 2.05) is 5.38 Å². The van der Waals surface area contributed by atoms with Crippen LogP contribution in [0.1, 0.15) is 22.0 Å². The summed E-state index contributed by atoms with van der Waals surface area (Å²) in [6.45, 7) is 0.219. The van der Waals surface area contributed by atoms with Crippen molar-refractivity contribution in [2.24, 2.45) is 7.05 Å². The predicted molar refractivity (Wildman–Crippen MR) is 80.0 cm³/mol. The quantitative estimate of drug-likeness (QED) is 0.829. The van der Waals surface area contributed by atoms with Crippen LogP contribution in [0.4, 0.5) is 0 Å². The highest BCUT2D eigenvalue weighted by molar-refractivity contribution is 7.91. The molecule has 0 bridgehead atoms. The summed E-state index contributed by atoms with van der Waals surface area (Å²) in [6.07, 6.45) is 3.39. The maximum absolute atomic E-state index is 12.6. The van der Waals surface area contributed by atoms with Crippen molar-refractivity contribution in [2.75, 3.05) is 18.1 Å². The molecule has 1 saturated heterocycles. The summed E-state index contributed by atoms with van der Waals surface area (Å²) in [6, 6.07) is 1.29. The molecule has 3 rings (SSSR count). The second kappa shape index (κ2) is 5.27. The number of hydrogen-bond donors (Lipinski definition) is 0. The van der Waals surface area contributed by atoms with Crippen LogP contribution in [-0.4, -0.2) is 47.1 Å². The molecule has 6 nitrogen and oxygen atoms in total. The number of nitrogens with zero attached hydrogens (tertiary/aromatic N) is 3. The average molecular weight is 325 g/mol.